The number of rotatable bonds is 3. The average Bonchev–Trinajstić information content (AvgIpc) is 2.74. The van der Waals surface area contributed by atoms with Gasteiger partial charge in [-0.1, -0.05) is 0 Å². The Morgan fingerprint density at radius 3 is 2.55 bits per heavy atom. The molecule has 2 heterocycles. The molecule has 2 aliphatic rings. The zero-order valence-corrected chi connectivity index (χ0v) is 16.9. The van der Waals surface area contributed by atoms with Crippen LogP contribution in [0.1, 0.15) is 37.4 Å². The fraction of sp³-hybridized carbons (Fsp3) is 0.391. The molecule has 150 valence electrons. The number of ether oxygens (including phenoxy) is 1. The lowest BCUT2D eigenvalue weighted by Crippen LogP contribution is -2.43. The van der Waals surface area contributed by atoms with E-state index in [2.05, 4.69) is 41.4 Å². The number of carbonyl (C=O) groups is 1. The molecule has 1 saturated heterocycles. The van der Waals surface area contributed by atoms with Crippen LogP contribution < -0.4 is 15.1 Å². The maximum atomic E-state index is 12.3. The molecule has 2 atom stereocenters. The summed E-state index contributed by atoms with van der Waals surface area (Å²) in [5.41, 5.74) is 4.88. The predicted octanol–water partition coefficient (Wildman–Crippen LogP) is 3.69. The van der Waals surface area contributed by atoms with Gasteiger partial charge in [0, 0.05) is 48.7 Å². The largest absolute Gasteiger partial charge is 0.378 e. The number of fused-ring (bicyclic) bond motifs is 1. The molecule has 4 rings (SSSR count). The summed E-state index contributed by atoms with van der Waals surface area (Å²) in [5.74, 6) is 0.0645. The van der Waals surface area contributed by atoms with Gasteiger partial charge in [-0.15, -0.1) is 0 Å². The molecule has 0 aliphatic carbocycles. The second-order valence-corrected chi connectivity index (χ2v) is 7.70. The molecule has 0 radical (unpaired) electrons. The number of carbonyl (C=O) groups excluding carboxylic acids is 1. The van der Waals surface area contributed by atoms with E-state index < -0.39 is 0 Å². The number of hydrogen-bond acceptors (Lipinski definition) is 5. The highest BCUT2D eigenvalue weighted by Crippen LogP contribution is 2.41. The fourth-order valence-electron chi connectivity index (χ4n) is 4.33. The molecule has 6 nitrogen and oxygen atoms in total. The van der Waals surface area contributed by atoms with Gasteiger partial charge >= 0.3 is 0 Å². The van der Waals surface area contributed by atoms with Crippen molar-refractivity contribution < 1.29 is 9.53 Å². The summed E-state index contributed by atoms with van der Waals surface area (Å²) in [6.45, 7) is 6.94. The van der Waals surface area contributed by atoms with Gasteiger partial charge in [0.05, 0.1) is 30.9 Å². The lowest BCUT2D eigenvalue weighted by Gasteiger charge is -2.40. The monoisotopic (exact) mass is 390 g/mol. The fourth-order valence-corrected chi connectivity index (χ4v) is 4.33. The van der Waals surface area contributed by atoms with Gasteiger partial charge in [-0.2, -0.15) is 5.26 Å². The SMILES string of the molecule is CC(=O)N1c2ccc(N3CCOCC3)cc2[C@H](Nc2ccc(C#N)cc2)C[C@@H]1C. The molecular formula is C23H26N4O2. The molecule has 1 N–H and O–H groups in total. The summed E-state index contributed by atoms with van der Waals surface area (Å²) < 4.78 is 5.49. The van der Waals surface area contributed by atoms with Crippen molar-refractivity contribution in [3.05, 3.63) is 53.6 Å². The number of amides is 1. The minimum absolute atomic E-state index is 0.0645. The number of nitriles is 1. The van der Waals surface area contributed by atoms with Crippen LogP contribution in [0, 0.1) is 11.3 Å². The van der Waals surface area contributed by atoms with Crippen molar-refractivity contribution in [3.63, 3.8) is 0 Å². The quantitative estimate of drug-likeness (QED) is 0.866. The lowest BCUT2D eigenvalue weighted by atomic mass is 9.90. The maximum Gasteiger partial charge on any atom is 0.224 e. The van der Waals surface area contributed by atoms with E-state index in [0.29, 0.717) is 5.56 Å². The van der Waals surface area contributed by atoms with Crippen LogP contribution in [-0.2, 0) is 9.53 Å². The highest BCUT2D eigenvalue weighted by atomic mass is 16.5. The van der Waals surface area contributed by atoms with Crippen molar-refractivity contribution in [2.24, 2.45) is 0 Å². The molecule has 1 fully saturated rings. The first-order chi connectivity index (χ1) is 14.1. The van der Waals surface area contributed by atoms with Crippen molar-refractivity contribution in [1.29, 1.82) is 5.26 Å². The topological polar surface area (TPSA) is 68.6 Å². The Balaban J connectivity index is 1.69. The van der Waals surface area contributed by atoms with E-state index >= 15 is 0 Å². The van der Waals surface area contributed by atoms with Gasteiger partial charge in [-0.25, -0.2) is 0 Å². The molecule has 1 amide bonds. The van der Waals surface area contributed by atoms with Gasteiger partial charge in [-0.3, -0.25) is 4.79 Å². The third-order valence-corrected chi connectivity index (χ3v) is 5.73. The molecule has 2 aromatic rings. The molecule has 6 heteroatoms. The van der Waals surface area contributed by atoms with E-state index in [0.717, 1.165) is 55.3 Å². The van der Waals surface area contributed by atoms with E-state index in [9.17, 15) is 4.79 Å². The Labute approximate surface area is 171 Å². The van der Waals surface area contributed by atoms with Crippen molar-refractivity contribution in [2.75, 3.05) is 41.4 Å². The van der Waals surface area contributed by atoms with Crippen molar-refractivity contribution in [1.82, 2.24) is 0 Å². The Kier molecular flexibility index (Phi) is 5.41. The third-order valence-electron chi connectivity index (χ3n) is 5.73. The predicted molar refractivity (Wildman–Crippen MR) is 114 cm³/mol. The smallest absolute Gasteiger partial charge is 0.224 e. The number of nitrogens with one attached hydrogen (secondary N) is 1. The van der Waals surface area contributed by atoms with Gasteiger partial charge in [-0.05, 0) is 55.8 Å². The van der Waals surface area contributed by atoms with Crippen LogP contribution in [0.2, 0.25) is 0 Å². The number of morpholine rings is 1. The molecule has 29 heavy (non-hydrogen) atoms. The molecule has 0 aromatic heterocycles. The summed E-state index contributed by atoms with van der Waals surface area (Å²) in [7, 11) is 0. The van der Waals surface area contributed by atoms with Crippen molar-refractivity contribution in [2.45, 2.75) is 32.4 Å². The first-order valence-corrected chi connectivity index (χ1v) is 10.1. The Morgan fingerprint density at radius 1 is 1.17 bits per heavy atom. The molecule has 2 aromatic carbocycles. The molecule has 0 spiro atoms. The van der Waals surface area contributed by atoms with Crippen LogP contribution in [0.3, 0.4) is 0 Å². The summed E-state index contributed by atoms with van der Waals surface area (Å²) >= 11 is 0. The molecule has 2 aliphatic heterocycles. The van der Waals surface area contributed by atoms with Crippen LogP contribution in [0.4, 0.5) is 17.1 Å². The van der Waals surface area contributed by atoms with E-state index in [1.807, 2.05) is 29.2 Å². The second kappa shape index (κ2) is 8.14. The number of anilines is 3. The van der Waals surface area contributed by atoms with Gasteiger partial charge in [0.15, 0.2) is 0 Å². The van der Waals surface area contributed by atoms with E-state index in [1.54, 1.807) is 6.92 Å². The number of hydrogen-bond donors (Lipinski definition) is 1. The second-order valence-electron chi connectivity index (χ2n) is 7.70. The van der Waals surface area contributed by atoms with Gasteiger partial charge < -0.3 is 19.9 Å². The molecule has 0 unspecified atom stereocenters. The van der Waals surface area contributed by atoms with Crippen LogP contribution in [0.5, 0.6) is 0 Å². The normalized spacial score (nSPS) is 21.3. The summed E-state index contributed by atoms with van der Waals surface area (Å²) in [6, 6.07) is 16.3. The Morgan fingerprint density at radius 2 is 1.90 bits per heavy atom. The lowest BCUT2D eigenvalue weighted by molar-refractivity contribution is -0.117. The molecule has 0 bridgehead atoms. The third kappa shape index (κ3) is 3.92. The van der Waals surface area contributed by atoms with E-state index in [1.165, 1.54) is 0 Å². The summed E-state index contributed by atoms with van der Waals surface area (Å²) in [4.78, 5) is 16.6. The highest BCUT2D eigenvalue weighted by molar-refractivity contribution is 5.94. The first-order valence-electron chi connectivity index (χ1n) is 10.1. The minimum Gasteiger partial charge on any atom is -0.378 e. The number of nitrogens with zero attached hydrogens (tertiary/aromatic N) is 3. The van der Waals surface area contributed by atoms with E-state index in [4.69, 9.17) is 10.00 Å². The van der Waals surface area contributed by atoms with E-state index in [-0.39, 0.29) is 18.0 Å². The Hall–Kier alpha value is -3.04. The van der Waals surface area contributed by atoms with Crippen molar-refractivity contribution in [3.8, 4) is 6.07 Å². The van der Waals surface area contributed by atoms with Gasteiger partial charge in [0.25, 0.3) is 0 Å². The summed E-state index contributed by atoms with van der Waals surface area (Å²) in [6.07, 6.45) is 0.819. The van der Waals surface area contributed by atoms with Crippen LogP contribution in [0.15, 0.2) is 42.5 Å². The highest BCUT2D eigenvalue weighted by Gasteiger charge is 2.33. The molecule has 0 saturated carbocycles. The van der Waals surface area contributed by atoms with Crippen molar-refractivity contribution >= 4 is 23.0 Å². The summed E-state index contributed by atoms with van der Waals surface area (Å²) in [5, 5.41) is 12.6. The first kappa shape index (κ1) is 19.3. The number of benzene rings is 2. The average molecular weight is 390 g/mol. The Bertz CT molecular complexity index is 929. The zero-order chi connectivity index (χ0) is 20.4. The zero-order valence-electron chi connectivity index (χ0n) is 16.9. The maximum absolute atomic E-state index is 12.3. The molecular weight excluding hydrogens is 364 g/mol. The standard InChI is InChI=1S/C23H26N4O2/c1-16-13-22(25-19-5-3-18(15-24)4-6-19)21-14-20(26-9-11-29-12-10-26)7-8-23(21)27(16)17(2)28/h3-8,14,16,22,25H,9-13H2,1-2H3/t16-,22+/m0/s1. The van der Waals surface area contributed by atoms with Crippen LogP contribution >= 0.6 is 0 Å². The van der Waals surface area contributed by atoms with Gasteiger partial charge in [0.1, 0.15) is 0 Å². The van der Waals surface area contributed by atoms with Crippen LogP contribution in [-0.4, -0.2) is 38.3 Å². The van der Waals surface area contributed by atoms with Crippen LogP contribution in [0.25, 0.3) is 0 Å². The van der Waals surface area contributed by atoms with Gasteiger partial charge in [0.2, 0.25) is 5.91 Å². The minimum atomic E-state index is 0.0645.